The third-order valence-electron chi connectivity index (χ3n) is 3.38. The van der Waals surface area contributed by atoms with Gasteiger partial charge < -0.3 is 10.4 Å². The van der Waals surface area contributed by atoms with Crippen LogP contribution in [0.5, 0.6) is 0 Å². The van der Waals surface area contributed by atoms with Crippen LogP contribution in [0.15, 0.2) is 53.0 Å². The lowest BCUT2D eigenvalue weighted by molar-refractivity contribution is -0.136. The fourth-order valence-corrected chi connectivity index (χ4v) is 2.74. The molecule has 0 spiro atoms. The van der Waals surface area contributed by atoms with E-state index in [1.807, 2.05) is 0 Å². The highest BCUT2D eigenvalue weighted by Crippen LogP contribution is 2.31. The summed E-state index contributed by atoms with van der Waals surface area (Å²) >= 11 is 18.0. The van der Waals surface area contributed by atoms with Crippen molar-refractivity contribution in [3.05, 3.63) is 74.7 Å². The Bertz CT molecular complexity index is 795. The predicted molar refractivity (Wildman–Crippen MR) is 100 cm³/mol. The van der Waals surface area contributed by atoms with E-state index in [0.717, 1.165) is 11.1 Å². The summed E-state index contributed by atoms with van der Waals surface area (Å²) in [6.45, 7) is 0.0688. The number of nitrogens with one attached hydrogen (secondary N) is 1. The van der Waals surface area contributed by atoms with Crippen LogP contribution in [0.4, 0.5) is 0 Å². The van der Waals surface area contributed by atoms with Gasteiger partial charge in [0.05, 0.1) is 6.42 Å². The van der Waals surface area contributed by atoms with Crippen LogP contribution in [0, 0.1) is 0 Å². The zero-order valence-electron chi connectivity index (χ0n) is 12.9. The number of carboxylic acids is 1. The molecule has 2 rings (SSSR count). The average molecular weight is 399 g/mol. The highest BCUT2D eigenvalue weighted by molar-refractivity contribution is 6.59. The molecule has 0 heterocycles. The van der Waals surface area contributed by atoms with Gasteiger partial charge in [-0.2, -0.15) is 0 Å². The maximum Gasteiger partial charge on any atom is 0.305 e. The monoisotopic (exact) mass is 397 g/mol. The van der Waals surface area contributed by atoms with Crippen molar-refractivity contribution < 1.29 is 14.7 Å². The zero-order chi connectivity index (χ0) is 18.4. The number of amides is 1. The second-order valence-electron chi connectivity index (χ2n) is 5.12. The molecule has 0 aromatic heterocycles. The molecule has 0 atom stereocenters. The van der Waals surface area contributed by atoms with E-state index in [1.54, 1.807) is 48.5 Å². The van der Waals surface area contributed by atoms with Gasteiger partial charge in [0.1, 0.15) is 4.49 Å². The van der Waals surface area contributed by atoms with Gasteiger partial charge in [0.2, 0.25) is 0 Å². The summed E-state index contributed by atoms with van der Waals surface area (Å²) in [7, 11) is 0. The second-order valence-corrected chi connectivity index (χ2v) is 6.51. The SMILES string of the molecule is O=C(O)CCNC(=O)c1ccc(C(=C(Cl)Cl)c2ccc(Cl)cc2)cc1. The van der Waals surface area contributed by atoms with Crippen LogP contribution in [-0.2, 0) is 4.79 Å². The van der Waals surface area contributed by atoms with Crippen molar-refractivity contribution in [1.82, 2.24) is 5.32 Å². The minimum atomic E-state index is -0.967. The van der Waals surface area contributed by atoms with E-state index in [4.69, 9.17) is 39.9 Å². The molecule has 0 bridgehead atoms. The predicted octanol–water partition coefficient (Wildman–Crippen LogP) is 4.74. The molecule has 25 heavy (non-hydrogen) atoms. The Labute approximate surface area is 160 Å². The maximum atomic E-state index is 12.0. The van der Waals surface area contributed by atoms with Crippen LogP contribution in [-0.4, -0.2) is 23.5 Å². The third-order valence-corrected chi connectivity index (χ3v) is 4.01. The smallest absolute Gasteiger partial charge is 0.305 e. The van der Waals surface area contributed by atoms with E-state index in [1.165, 1.54) is 0 Å². The number of carbonyl (C=O) groups excluding carboxylic acids is 1. The lowest BCUT2D eigenvalue weighted by atomic mass is 9.98. The number of hydrogen-bond acceptors (Lipinski definition) is 2. The third kappa shape index (κ3) is 5.49. The standard InChI is InChI=1S/C18H14Cl3NO3/c19-14-7-5-12(6-8-14)16(17(20)21)11-1-3-13(4-2-11)18(25)22-10-9-15(23)24/h1-8H,9-10H2,(H,22,25)(H,23,24). The van der Waals surface area contributed by atoms with Crippen LogP contribution in [0.3, 0.4) is 0 Å². The van der Waals surface area contributed by atoms with Gasteiger partial charge in [-0.15, -0.1) is 0 Å². The van der Waals surface area contributed by atoms with Gasteiger partial charge in [-0.1, -0.05) is 59.1 Å². The molecule has 0 saturated heterocycles. The first kappa shape index (κ1) is 19.3. The van der Waals surface area contributed by atoms with Crippen LogP contribution >= 0.6 is 34.8 Å². The van der Waals surface area contributed by atoms with Crippen molar-refractivity contribution in [3.63, 3.8) is 0 Å². The van der Waals surface area contributed by atoms with Crippen LogP contribution in [0.2, 0.25) is 5.02 Å². The molecule has 2 aromatic carbocycles. The molecule has 130 valence electrons. The van der Waals surface area contributed by atoms with Crippen LogP contribution < -0.4 is 5.32 Å². The van der Waals surface area contributed by atoms with Gasteiger partial charge in [-0.3, -0.25) is 9.59 Å². The minimum absolute atomic E-state index is 0.0688. The summed E-state index contributed by atoms with van der Waals surface area (Å²) in [5.74, 6) is -1.31. The molecule has 0 saturated carbocycles. The van der Waals surface area contributed by atoms with Crippen molar-refractivity contribution in [3.8, 4) is 0 Å². The molecule has 0 aliphatic rings. The summed E-state index contributed by atoms with van der Waals surface area (Å²) in [4.78, 5) is 22.4. The molecular weight excluding hydrogens is 385 g/mol. The molecule has 7 heteroatoms. The number of aliphatic carboxylic acids is 1. The van der Waals surface area contributed by atoms with E-state index in [2.05, 4.69) is 5.32 Å². The lowest BCUT2D eigenvalue weighted by Crippen LogP contribution is -2.25. The van der Waals surface area contributed by atoms with E-state index in [-0.39, 0.29) is 23.4 Å². The molecule has 2 aromatic rings. The van der Waals surface area contributed by atoms with E-state index >= 15 is 0 Å². The van der Waals surface area contributed by atoms with Gasteiger partial charge in [0, 0.05) is 22.7 Å². The van der Waals surface area contributed by atoms with Gasteiger partial charge in [0.15, 0.2) is 0 Å². The van der Waals surface area contributed by atoms with E-state index in [0.29, 0.717) is 16.2 Å². The number of halogens is 3. The summed E-state index contributed by atoms with van der Waals surface area (Å²) in [6.07, 6.45) is -0.130. The van der Waals surface area contributed by atoms with Crippen LogP contribution in [0.1, 0.15) is 27.9 Å². The highest BCUT2D eigenvalue weighted by Gasteiger charge is 2.12. The fraction of sp³-hybridized carbons (Fsp3) is 0.111. The zero-order valence-corrected chi connectivity index (χ0v) is 15.2. The Kier molecular flexibility index (Phi) is 6.88. The summed E-state index contributed by atoms with van der Waals surface area (Å²) in [5, 5.41) is 11.7. The number of hydrogen-bond donors (Lipinski definition) is 2. The molecule has 2 N–H and O–H groups in total. The summed E-state index contributed by atoms with van der Waals surface area (Å²) in [6, 6.07) is 13.8. The molecular formula is C18H14Cl3NO3. The molecule has 0 unspecified atom stereocenters. The Morgan fingerprint density at radius 2 is 1.36 bits per heavy atom. The Morgan fingerprint density at radius 1 is 0.880 bits per heavy atom. The molecule has 0 fully saturated rings. The van der Waals surface area contributed by atoms with E-state index in [9.17, 15) is 9.59 Å². The Balaban J connectivity index is 2.19. The number of benzene rings is 2. The van der Waals surface area contributed by atoms with Gasteiger partial charge in [-0.05, 0) is 35.4 Å². The number of carbonyl (C=O) groups is 2. The maximum absolute atomic E-state index is 12.0. The summed E-state index contributed by atoms with van der Waals surface area (Å²) < 4.78 is 0.0981. The van der Waals surface area contributed by atoms with Gasteiger partial charge in [-0.25, -0.2) is 0 Å². The highest BCUT2D eigenvalue weighted by atomic mass is 35.5. The second kappa shape index (κ2) is 8.90. The molecule has 0 aliphatic carbocycles. The Hall–Kier alpha value is -2.01. The minimum Gasteiger partial charge on any atom is -0.481 e. The lowest BCUT2D eigenvalue weighted by Gasteiger charge is -2.10. The van der Waals surface area contributed by atoms with Crippen molar-refractivity contribution >= 4 is 52.3 Å². The molecule has 0 radical (unpaired) electrons. The number of rotatable bonds is 6. The Morgan fingerprint density at radius 3 is 1.84 bits per heavy atom. The first-order valence-corrected chi connectivity index (χ1v) is 8.43. The van der Waals surface area contributed by atoms with Crippen LogP contribution in [0.25, 0.3) is 5.57 Å². The molecule has 4 nitrogen and oxygen atoms in total. The van der Waals surface area contributed by atoms with Crippen molar-refractivity contribution in [2.75, 3.05) is 6.54 Å². The van der Waals surface area contributed by atoms with Crippen molar-refractivity contribution in [2.45, 2.75) is 6.42 Å². The summed E-state index contributed by atoms with van der Waals surface area (Å²) in [5.41, 5.74) is 2.57. The van der Waals surface area contributed by atoms with Gasteiger partial charge in [0.25, 0.3) is 5.91 Å². The quantitative estimate of drug-likeness (QED) is 0.738. The van der Waals surface area contributed by atoms with Crippen molar-refractivity contribution in [2.24, 2.45) is 0 Å². The number of carboxylic acid groups (broad SMARTS) is 1. The fourth-order valence-electron chi connectivity index (χ4n) is 2.17. The molecule has 0 aliphatic heterocycles. The topological polar surface area (TPSA) is 66.4 Å². The normalized spacial score (nSPS) is 10.2. The molecule has 1 amide bonds. The van der Waals surface area contributed by atoms with Gasteiger partial charge >= 0.3 is 5.97 Å². The first-order valence-electron chi connectivity index (χ1n) is 7.30. The average Bonchev–Trinajstić information content (AvgIpc) is 2.57. The largest absolute Gasteiger partial charge is 0.481 e. The van der Waals surface area contributed by atoms with Crippen molar-refractivity contribution in [1.29, 1.82) is 0 Å². The first-order chi connectivity index (χ1) is 11.9. The van der Waals surface area contributed by atoms with E-state index < -0.39 is 5.97 Å².